The topological polar surface area (TPSA) is 66.8 Å². The smallest absolute Gasteiger partial charge is 0.450 e. The van der Waals surface area contributed by atoms with Crippen molar-refractivity contribution in [1.29, 1.82) is 0 Å². The number of hydrogen-bond acceptors (Lipinski definition) is 3. The van der Waals surface area contributed by atoms with Crippen LogP contribution in [0.3, 0.4) is 0 Å². The highest BCUT2D eigenvalue weighted by atomic mass is 16.7. The summed E-state index contributed by atoms with van der Waals surface area (Å²) in [4.78, 5) is 9.79. The van der Waals surface area contributed by atoms with Gasteiger partial charge < -0.3 is 14.9 Å². The van der Waals surface area contributed by atoms with Crippen molar-refractivity contribution >= 4 is 6.16 Å². The molecule has 0 saturated carbocycles. The third kappa shape index (κ3) is 9.02. The second kappa shape index (κ2) is 6.85. The number of benzene rings is 1. The highest BCUT2D eigenvalue weighted by Crippen LogP contribution is 2.05. The molecular formula is C12H18O4. The van der Waals surface area contributed by atoms with Gasteiger partial charge in [0.25, 0.3) is 0 Å². The molecule has 0 fully saturated rings. The van der Waals surface area contributed by atoms with Gasteiger partial charge in [-0.15, -0.1) is 0 Å². The molecule has 0 aromatic heterocycles. The second-order valence-corrected chi connectivity index (χ2v) is 4.12. The lowest BCUT2D eigenvalue weighted by atomic mass is 10.2. The Balaban J connectivity index is 0.000000281. The van der Waals surface area contributed by atoms with Crippen molar-refractivity contribution in [1.82, 2.24) is 0 Å². The van der Waals surface area contributed by atoms with E-state index in [2.05, 4.69) is 4.74 Å². The van der Waals surface area contributed by atoms with Gasteiger partial charge in [0.1, 0.15) is 5.60 Å². The largest absolute Gasteiger partial charge is 0.506 e. The van der Waals surface area contributed by atoms with Crippen LogP contribution in [0, 0.1) is 0 Å². The molecule has 4 heteroatoms. The van der Waals surface area contributed by atoms with Gasteiger partial charge in [0.05, 0.1) is 6.61 Å². The van der Waals surface area contributed by atoms with E-state index in [1.54, 1.807) is 20.8 Å². The lowest BCUT2D eigenvalue weighted by Gasteiger charge is -2.15. The first-order valence-electron chi connectivity index (χ1n) is 4.92. The number of rotatable bonds is 1. The van der Waals surface area contributed by atoms with Crippen LogP contribution in [-0.4, -0.2) is 22.0 Å². The van der Waals surface area contributed by atoms with Crippen molar-refractivity contribution in [2.24, 2.45) is 0 Å². The zero-order valence-electron chi connectivity index (χ0n) is 9.80. The molecule has 0 aliphatic rings. The lowest BCUT2D eigenvalue weighted by molar-refractivity contribution is 0.0150. The summed E-state index contributed by atoms with van der Waals surface area (Å²) < 4.78 is 4.35. The third-order valence-electron chi connectivity index (χ3n) is 1.42. The van der Waals surface area contributed by atoms with Crippen molar-refractivity contribution in [3.63, 3.8) is 0 Å². The van der Waals surface area contributed by atoms with Gasteiger partial charge in [0, 0.05) is 0 Å². The maximum absolute atomic E-state index is 9.79. The molecule has 90 valence electrons. The van der Waals surface area contributed by atoms with Crippen LogP contribution in [-0.2, 0) is 11.3 Å². The summed E-state index contributed by atoms with van der Waals surface area (Å²) in [5.41, 5.74) is 0.388. The predicted octanol–water partition coefficient (Wildman–Crippen LogP) is 2.66. The first-order chi connectivity index (χ1) is 7.35. The molecule has 0 heterocycles. The molecule has 0 saturated heterocycles. The van der Waals surface area contributed by atoms with Gasteiger partial charge in [-0.3, -0.25) is 0 Å². The van der Waals surface area contributed by atoms with E-state index in [1.807, 2.05) is 30.3 Å². The Morgan fingerprint density at radius 3 is 1.94 bits per heavy atom. The standard InChI is InChI=1S/C7H8O.C5H10O3/c8-6-7-4-2-1-3-5-7;1-5(2,3)8-4(6)7/h1-5,8H,6H2;1-3H3,(H,6,7). The monoisotopic (exact) mass is 226 g/mol. The SMILES string of the molecule is CC(C)(C)OC(=O)O.OCc1ccccc1. The van der Waals surface area contributed by atoms with Crippen molar-refractivity contribution < 1.29 is 19.7 Å². The number of hydrogen-bond donors (Lipinski definition) is 2. The van der Waals surface area contributed by atoms with Crippen molar-refractivity contribution in [3.8, 4) is 0 Å². The number of aliphatic hydroxyl groups is 1. The van der Waals surface area contributed by atoms with Gasteiger partial charge in [0.15, 0.2) is 0 Å². The first-order valence-corrected chi connectivity index (χ1v) is 4.92. The third-order valence-corrected chi connectivity index (χ3v) is 1.42. The summed E-state index contributed by atoms with van der Waals surface area (Å²) in [6, 6.07) is 9.52. The fraction of sp³-hybridized carbons (Fsp3) is 0.417. The summed E-state index contributed by atoms with van der Waals surface area (Å²) >= 11 is 0. The highest BCUT2D eigenvalue weighted by Gasteiger charge is 2.13. The van der Waals surface area contributed by atoms with E-state index in [1.165, 1.54) is 0 Å². The molecule has 16 heavy (non-hydrogen) atoms. The lowest BCUT2D eigenvalue weighted by Crippen LogP contribution is -2.22. The van der Waals surface area contributed by atoms with E-state index in [-0.39, 0.29) is 6.61 Å². The van der Waals surface area contributed by atoms with Crippen LogP contribution >= 0.6 is 0 Å². The molecule has 0 aliphatic carbocycles. The average Bonchev–Trinajstić information content (AvgIpc) is 2.16. The molecule has 0 atom stereocenters. The molecule has 4 nitrogen and oxygen atoms in total. The van der Waals surface area contributed by atoms with Gasteiger partial charge in [-0.25, -0.2) is 4.79 Å². The van der Waals surface area contributed by atoms with Crippen molar-refractivity contribution in [2.75, 3.05) is 0 Å². The molecule has 1 aromatic carbocycles. The molecule has 0 radical (unpaired) electrons. The molecule has 2 N–H and O–H groups in total. The molecule has 0 unspecified atom stereocenters. The number of ether oxygens (including phenoxy) is 1. The van der Waals surface area contributed by atoms with E-state index < -0.39 is 11.8 Å². The minimum atomic E-state index is -1.22. The quantitative estimate of drug-likeness (QED) is 0.722. The van der Waals surface area contributed by atoms with Gasteiger partial charge in [0.2, 0.25) is 0 Å². The maximum atomic E-state index is 9.79. The fourth-order valence-corrected chi connectivity index (χ4v) is 0.845. The molecule has 0 amide bonds. The Morgan fingerprint density at radius 2 is 1.75 bits per heavy atom. The zero-order valence-corrected chi connectivity index (χ0v) is 9.80. The van der Waals surface area contributed by atoms with Gasteiger partial charge in [-0.1, -0.05) is 30.3 Å². The molecule has 0 spiro atoms. The summed E-state index contributed by atoms with van der Waals surface area (Å²) in [5.74, 6) is 0. The summed E-state index contributed by atoms with van der Waals surface area (Å²) in [6.07, 6.45) is -1.22. The highest BCUT2D eigenvalue weighted by molar-refractivity contribution is 5.57. The minimum absolute atomic E-state index is 0.140. The summed E-state index contributed by atoms with van der Waals surface area (Å²) in [6.45, 7) is 5.18. The van der Waals surface area contributed by atoms with Crippen LogP contribution in [0.1, 0.15) is 26.3 Å². The molecular weight excluding hydrogens is 208 g/mol. The van der Waals surface area contributed by atoms with Crippen LogP contribution in [0.5, 0.6) is 0 Å². The molecule has 0 aliphatic heterocycles. The van der Waals surface area contributed by atoms with E-state index in [9.17, 15) is 4.79 Å². The zero-order chi connectivity index (χ0) is 12.6. The Hall–Kier alpha value is -1.55. The van der Waals surface area contributed by atoms with Crippen LogP contribution < -0.4 is 0 Å². The van der Waals surface area contributed by atoms with E-state index in [0.717, 1.165) is 5.56 Å². The van der Waals surface area contributed by atoms with Crippen LogP contribution in [0.15, 0.2) is 30.3 Å². The minimum Gasteiger partial charge on any atom is -0.450 e. The molecule has 1 aromatic rings. The Labute approximate surface area is 95.5 Å². The van der Waals surface area contributed by atoms with Crippen LogP contribution in [0.25, 0.3) is 0 Å². The average molecular weight is 226 g/mol. The number of carboxylic acid groups (broad SMARTS) is 1. The molecule has 0 bridgehead atoms. The van der Waals surface area contributed by atoms with Crippen molar-refractivity contribution in [3.05, 3.63) is 35.9 Å². The summed E-state index contributed by atoms with van der Waals surface area (Å²) in [5, 5.41) is 16.6. The fourth-order valence-electron chi connectivity index (χ4n) is 0.845. The Kier molecular flexibility index (Phi) is 6.18. The predicted molar refractivity (Wildman–Crippen MR) is 61.2 cm³/mol. The number of carbonyl (C=O) groups is 1. The molecule has 1 rings (SSSR count). The van der Waals surface area contributed by atoms with E-state index >= 15 is 0 Å². The van der Waals surface area contributed by atoms with Gasteiger partial charge in [-0.05, 0) is 26.3 Å². The second-order valence-electron chi connectivity index (χ2n) is 4.12. The maximum Gasteiger partial charge on any atom is 0.506 e. The van der Waals surface area contributed by atoms with E-state index in [0.29, 0.717) is 0 Å². The number of aliphatic hydroxyl groups excluding tert-OH is 1. The summed E-state index contributed by atoms with van der Waals surface area (Å²) in [7, 11) is 0. The Bertz CT molecular complexity index is 301. The van der Waals surface area contributed by atoms with Crippen LogP contribution in [0.2, 0.25) is 0 Å². The normalized spacial score (nSPS) is 10.0. The Morgan fingerprint density at radius 1 is 1.25 bits per heavy atom. The van der Waals surface area contributed by atoms with E-state index in [4.69, 9.17) is 10.2 Å². The van der Waals surface area contributed by atoms with Gasteiger partial charge in [-0.2, -0.15) is 0 Å². The van der Waals surface area contributed by atoms with Gasteiger partial charge >= 0.3 is 6.16 Å². The van der Waals surface area contributed by atoms with Crippen molar-refractivity contribution in [2.45, 2.75) is 33.0 Å². The van der Waals surface area contributed by atoms with Crippen LogP contribution in [0.4, 0.5) is 4.79 Å². The first kappa shape index (κ1) is 14.5.